The highest BCUT2D eigenvalue weighted by Crippen LogP contribution is 2.29. The van der Waals surface area contributed by atoms with Crippen molar-refractivity contribution in [2.75, 3.05) is 19.0 Å². The normalized spacial score (nSPS) is 11.2. The summed E-state index contributed by atoms with van der Waals surface area (Å²) in [6.45, 7) is 9.48. The summed E-state index contributed by atoms with van der Waals surface area (Å²) in [6, 6.07) is 14.6. The number of nitrogens with one attached hydrogen (secondary N) is 1. The second kappa shape index (κ2) is 9.26. The van der Waals surface area contributed by atoms with Crippen LogP contribution in [0.1, 0.15) is 49.3 Å². The molecule has 3 aromatic rings. The van der Waals surface area contributed by atoms with E-state index in [0.717, 1.165) is 16.9 Å². The number of rotatable bonds is 7. The largest absolute Gasteiger partial charge is 0.493 e. The van der Waals surface area contributed by atoms with Crippen LogP contribution >= 0.6 is 0 Å². The summed E-state index contributed by atoms with van der Waals surface area (Å²) in [5.41, 5.74) is 3.14. The fraction of sp³-hybridized carbons (Fsp3) is 0.320. The van der Waals surface area contributed by atoms with Gasteiger partial charge in [0.25, 0.3) is 5.91 Å². The van der Waals surface area contributed by atoms with E-state index in [1.165, 1.54) is 14.0 Å². The van der Waals surface area contributed by atoms with Crippen molar-refractivity contribution in [1.82, 2.24) is 9.78 Å². The van der Waals surface area contributed by atoms with Crippen molar-refractivity contribution in [2.24, 2.45) is 0 Å². The van der Waals surface area contributed by atoms with Gasteiger partial charge >= 0.3 is 0 Å². The Balaban J connectivity index is 1.80. The van der Waals surface area contributed by atoms with Crippen LogP contribution in [0.25, 0.3) is 5.69 Å². The van der Waals surface area contributed by atoms with Crippen molar-refractivity contribution in [3.05, 3.63) is 65.4 Å². The Labute approximate surface area is 188 Å². The first-order valence-electron chi connectivity index (χ1n) is 10.4. The average molecular weight is 436 g/mol. The van der Waals surface area contributed by atoms with Gasteiger partial charge in [-0.2, -0.15) is 5.10 Å². The number of aryl methyl sites for hydroxylation is 1. The smallest absolute Gasteiger partial charge is 0.263 e. The van der Waals surface area contributed by atoms with E-state index in [9.17, 15) is 9.59 Å². The maximum absolute atomic E-state index is 12.7. The molecule has 0 spiro atoms. The maximum atomic E-state index is 12.7. The van der Waals surface area contributed by atoms with Crippen molar-refractivity contribution in [2.45, 2.75) is 40.0 Å². The molecule has 0 atom stereocenters. The lowest BCUT2D eigenvalue weighted by Crippen LogP contribution is -2.22. The van der Waals surface area contributed by atoms with Crippen LogP contribution in [0.15, 0.2) is 48.5 Å². The van der Waals surface area contributed by atoms with Crippen molar-refractivity contribution in [3.8, 4) is 17.2 Å². The van der Waals surface area contributed by atoms with Crippen LogP contribution in [0.3, 0.4) is 0 Å². The Kier molecular flexibility index (Phi) is 6.67. The van der Waals surface area contributed by atoms with Gasteiger partial charge in [0, 0.05) is 17.0 Å². The van der Waals surface area contributed by atoms with E-state index in [4.69, 9.17) is 14.6 Å². The minimum Gasteiger partial charge on any atom is -0.493 e. The van der Waals surface area contributed by atoms with E-state index in [0.29, 0.717) is 22.9 Å². The zero-order valence-electron chi connectivity index (χ0n) is 19.4. The van der Waals surface area contributed by atoms with Crippen molar-refractivity contribution < 1.29 is 19.1 Å². The van der Waals surface area contributed by atoms with Crippen LogP contribution in [0.2, 0.25) is 0 Å². The topological polar surface area (TPSA) is 82.4 Å². The first-order valence-corrected chi connectivity index (χ1v) is 10.4. The summed E-state index contributed by atoms with van der Waals surface area (Å²) in [7, 11) is 1.49. The first kappa shape index (κ1) is 23.1. The van der Waals surface area contributed by atoms with E-state index in [2.05, 4.69) is 26.1 Å². The van der Waals surface area contributed by atoms with Crippen molar-refractivity contribution in [1.29, 1.82) is 0 Å². The van der Waals surface area contributed by atoms with Gasteiger partial charge in [-0.05, 0) is 49.7 Å². The van der Waals surface area contributed by atoms with Crippen LogP contribution in [-0.4, -0.2) is 35.2 Å². The van der Waals surface area contributed by atoms with Gasteiger partial charge in [0.15, 0.2) is 23.9 Å². The van der Waals surface area contributed by atoms with Gasteiger partial charge in [-0.15, -0.1) is 0 Å². The Hall–Kier alpha value is -3.61. The fourth-order valence-corrected chi connectivity index (χ4v) is 3.12. The average Bonchev–Trinajstić information content (AvgIpc) is 3.16. The van der Waals surface area contributed by atoms with Gasteiger partial charge in [0.1, 0.15) is 5.82 Å². The number of Topliss-reactive ketones (excluding diaryl/α,β-unsaturated/α-hetero) is 1. The second-order valence-corrected chi connectivity index (χ2v) is 8.67. The summed E-state index contributed by atoms with van der Waals surface area (Å²) in [5.74, 6) is 0.928. The third-order valence-corrected chi connectivity index (χ3v) is 4.92. The van der Waals surface area contributed by atoms with Gasteiger partial charge in [-0.25, -0.2) is 4.68 Å². The van der Waals surface area contributed by atoms with E-state index in [-0.39, 0.29) is 23.7 Å². The number of anilines is 1. The number of aromatic nitrogens is 2. The lowest BCUT2D eigenvalue weighted by Gasteiger charge is -2.14. The number of nitrogens with zero attached hydrogens (tertiary/aromatic N) is 2. The number of hydrogen-bond acceptors (Lipinski definition) is 5. The molecule has 7 heteroatoms. The van der Waals surface area contributed by atoms with Crippen LogP contribution in [0.5, 0.6) is 11.5 Å². The van der Waals surface area contributed by atoms with Gasteiger partial charge in [-0.3, -0.25) is 9.59 Å². The lowest BCUT2D eigenvalue weighted by molar-refractivity contribution is -0.118. The summed E-state index contributed by atoms with van der Waals surface area (Å²) in [6.07, 6.45) is 0. The highest BCUT2D eigenvalue weighted by molar-refractivity contribution is 5.95. The molecule has 0 aliphatic carbocycles. The molecule has 7 nitrogen and oxygen atoms in total. The number of ketones is 1. The third kappa shape index (κ3) is 5.35. The highest BCUT2D eigenvalue weighted by Gasteiger charge is 2.22. The van der Waals surface area contributed by atoms with Gasteiger partial charge in [-0.1, -0.05) is 32.9 Å². The Bertz CT molecular complexity index is 1140. The van der Waals surface area contributed by atoms with Gasteiger partial charge in [0.2, 0.25) is 0 Å². The predicted octanol–water partition coefficient (Wildman–Crippen LogP) is 4.71. The molecule has 0 aliphatic rings. The summed E-state index contributed by atoms with van der Waals surface area (Å²) < 4.78 is 12.7. The monoisotopic (exact) mass is 435 g/mol. The van der Waals surface area contributed by atoms with Crippen molar-refractivity contribution in [3.63, 3.8) is 0 Å². The maximum Gasteiger partial charge on any atom is 0.263 e. The molecule has 3 rings (SSSR count). The van der Waals surface area contributed by atoms with Crippen molar-refractivity contribution >= 4 is 17.5 Å². The van der Waals surface area contributed by atoms with Crippen LogP contribution in [0.4, 0.5) is 5.82 Å². The Morgan fingerprint density at radius 2 is 1.81 bits per heavy atom. The van der Waals surface area contributed by atoms with Crippen LogP contribution < -0.4 is 14.8 Å². The molecule has 0 bridgehead atoms. The van der Waals surface area contributed by atoms with Gasteiger partial charge in [0.05, 0.1) is 18.5 Å². The second-order valence-electron chi connectivity index (χ2n) is 8.67. The molecule has 0 radical (unpaired) electrons. The molecular weight excluding hydrogens is 406 g/mol. The molecule has 0 aliphatic heterocycles. The minimum atomic E-state index is -0.336. The number of amides is 1. The number of ether oxygens (including phenoxy) is 2. The van der Waals surface area contributed by atoms with E-state index in [1.54, 1.807) is 22.9 Å². The number of methoxy groups -OCH3 is 1. The zero-order valence-corrected chi connectivity index (χ0v) is 19.4. The van der Waals surface area contributed by atoms with E-state index in [1.807, 2.05) is 37.3 Å². The Morgan fingerprint density at radius 3 is 2.44 bits per heavy atom. The molecule has 0 saturated heterocycles. The summed E-state index contributed by atoms with van der Waals surface area (Å²) >= 11 is 0. The molecule has 2 aromatic carbocycles. The zero-order chi connectivity index (χ0) is 23.5. The predicted molar refractivity (Wildman–Crippen MR) is 124 cm³/mol. The summed E-state index contributed by atoms with van der Waals surface area (Å²) in [4.78, 5) is 24.3. The molecule has 1 amide bonds. The molecule has 0 fully saturated rings. The molecule has 32 heavy (non-hydrogen) atoms. The molecular formula is C25H29N3O4. The first-order chi connectivity index (χ1) is 15.1. The number of carbonyl (C=O) groups excluding carboxylic acids is 2. The summed E-state index contributed by atoms with van der Waals surface area (Å²) in [5, 5.41) is 7.63. The highest BCUT2D eigenvalue weighted by atomic mass is 16.5. The quantitative estimate of drug-likeness (QED) is 0.544. The third-order valence-electron chi connectivity index (χ3n) is 4.92. The molecule has 1 aromatic heterocycles. The number of hydrogen-bond donors (Lipinski definition) is 1. The van der Waals surface area contributed by atoms with Gasteiger partial charge < -0.3 is 14.8 Å². The number of carbonyl (C=O) groups is 2. The minimum absolute atomic E-state index is 0.0772. The van der Waals surface area contributed by atoms with Crippen LogP contribution in [-0.2, 0) is 10.2 Å². The van der Waals surface area contributed by atoms with Crippen LogP contribution in [0, 0.1) is 6.92 Å². The Morgan fingerprint density at radius 1 is 1.06 bits per heavy atom. The molecule has 0 saturated carbocycles. The van der Waals surface area contributed by atoms with E-state index < -0.39 is 0 Å². The number of benzene rings is 2. The SMILES string of the molecule is COc1cc(C(C)=O)ccc1OCC(=O)Nc1cc(C(C)(C)C)nn1-c1cccc(C)c1. The lowest BCUT2D eigenvalue weighted by atomic mass is 9.92. The molecule has 1 N–H and O–H groups in total. The molecule has 0 unspecified atom stereocenters. The molecule has 168 valence electrons. The fourth-order valence-electron chi connectivity index (χ4n) is 3.12. The standard InChI is InChI=1S/C25H29N3O4/c1-16-8-7-9-19(12-16)28-23(14-22(27-28)25(3,4)5)26-24(30)15-32-20-11-10-18(17(2)29)13-21(20)31-6/h7-14H,15H2,1-6H3,(H,26,30). The molecule has 1 heterocycles. The van der Waals surface area contributed by atoms with E-state index >= 15 is 0 Å².